The minimum absolute atomic E-state index is 0.0478. The Morgan fingerprint density at radius 3 is 2.60 bits per heavy atom. The van der Waals surface area contributed by atoms with Crippen LogP contribution in [0.2, 0.25) is 5.02 Å². The van der Waals surface area contributed by atoms with Gasteiger partial charge in [-0.15, -0.1) is 0 Å². The van der Waals surface area contributed by atoms with E-state index in [1.807, 2.05) is 0 Å². The molecule has 110 valence electrons. The number of amides is 1. The Morgan fingerprint density at radius 2 is 2.00 bits per heavy atom. The van der Waals surface area contributed by atoms with Crippen molar-refractivity contribution in [2.24, 2.45) is 0 Å². The first-order valence-corrected chi connectivity index (χ1v) is 7.44. The molecule has 1 saturated heterocycles. The number of hydrogen-bond donors (Lipinski definition) is 1. The second-order valence-corrected chi connectivity index (χ2v) is 5.36. The summed E-state index contributed by atoms with van der Waals surface area (Å²) in [6, 6.07) is 7.32. The van der Waals surface area contributed by atoms with Crippen LogP contribution in [-0.2, 0) is 4.74 Å². The summed E-state index contributed by atoms with van der Waals surface area (Å²) in [5.41, 5.74) is 0.645. The van der Waals surface area contributed by atoms with Gasteiger partial charge in [0.15, 0.2) is 0 Å². The van der Waals surface area contributed by atoms with Crippen LogP contribution in [0.25, 0.3) is 0 Å². The lowest BCUT2D eigenvalue weighted by molar-refractivity contribution is 0.0159. The molecular weight excluding hydrogens is 276 g/mol. The van der Waals surface area contributed by atoms with Crippen molar-refractivity contribution in [3.8, 4) is 0 Å². The van der Waals surface area contributed by atoms with E-state index in [0.717, 1.165) is 32.7 Å². The van der Waals surface area contributed by atoms with E-state index < -0.39 is 0 Å². The van der Waals surface area contributed by atoms with Gasteiger partial charge in [-0.2, -0.15) is 0 Å². The summed E-state index contributed by atoms with van der Waals surface area (Å²) in [4.78, 5) is 14.4. The first-order valence-electron chi connectivity index (χ1n) is 7.06. The highest BCUT2D eigenvalue weighted by atomic mass is 35.5. The zero-order chi connectivity index (χ0) is 14.4. The molecule has 0 saturated carbocycles. The van der Waals surface area contributed by atoms with E-state index in [1.165, 1.54) is 0 Å². The van der Waals surface area contributed by atoms with Crippen molar-refractivity contribution in [1.29, 1.82) is 0 Å². The van der Waals surface area contributed by atoms with E-state index in [1.54, 1.807) is 24.3 Å². The normalized spacial score (nSPS) is 17.7. The van der Waals surface area contributed by atoms with E-state index in [4.69, 9.17) is 16.3 Å². The van der Waals surface area contributed by atoms with Crippen LogP contribution in [0, 0.1) is 0 Å². The maximum absolute atomic E-state index is 12.1. The van der Waals surface area contributed by atoms with E-state index in [2.05, 4.69) is 17.1 Å². The average molecular weight is 297 g/mol. The first kappa shape index (κ1) is 15.3. The number of halogens is 1. The van der Waals surface area contributed by atoms with Gasteiger partial charge in [0.25, 0.3) is 5.91 Å². The number of ether oxygens (including phenoxy) is 1. The summed E-state index contributed by atoms with van der Waals surface area (Å²) < 4.78 is 5.36. The average Bonchev–Trinajstić information content (AvgIpc) is 2.49. The van der Waals surface area contributed by atoms with Crippen LogP contribution in [0.3, 0.4) is 0 Å². The Labute approximate surface area is 125 Å². The molecule has 0 aliphatic carbocycles. The number of morpholine rings is 1. The lowest BCUT2D eigenvalue weighted by Gasteiger charge is -2.34. The third kappa shape index (κ3) is 4.20. The summed E-state index contributed by atoms with van der Waals surface area (Å²) >= 11 is 5.82. The van der Waals surface area contributed by atoms with Gasteiger partial charge in [0, 0.05) is 36.3 Å². The summed E-state index contributed by atoms with van der Waals surface area (Å²) in [7, 11) is 0. The molecule has 1 aliphatic heterocycles. The van der Waals surface area contributed by atoms with Gasteiger partial charge in [-0.25, -0.2) is 0 Å². The highest BCUT2D eigenvalue weighted by Gasteiger charge is 2.20. The number of benzene rings is 1. The Balaban J connectivity index is 1.85. The largest absolute Gasteiger partial charge is 0.379 e. The number of nitrogens with zero attached hydrogens (tertiary/aromatic N) is 1. The molecule has 1 aromatic carbocycles. The summed E-state index contributed by atoms with van der Waals surface area (Å²) in [6.45, 7) is 6.25. The van der Waals surface area contributed by atoms with Crippen LogP contribution >= 0.6 is 11.6 Å². The molecule has 1 fully saturated rings. The Kier molecular flexibility index (Phi) is 5.83. The molecule has 1 N–H and O–H groups in total. The second kappa shape index (κ2) is 7.62. The summed E-state index contributed by atoms with van der Waals surface area (Å²) in [5.74, 6) is -0.0478. The fourth-order valence-electron chi connectivity index (χ4n) is 2.39. The highest BCUT2D eigenvalue weighted by molar-refractivity contribution is 6.30. The van der Waals surface area contributed by atoms with Gasteiger partial charge in [0.1, 0.15) is 0 Å². The zero-order valence-electron chi connectivity index (χ0n) is 11.8. The molecular formula is C15H21ClN2O2. The first-order chi connectivity index (χ1) is 9.70. The van der Waals surface area contributed by atoms with E-state index in [9.17, 15) is 4.79 Å². The fourth-order valence-corrected chi connectivity index (χ4v) is 2.51. The minimum atomic E-state index is -0.0478. The maximum Gasteiger partial charge on any atom is 0.251 e. The standard InChI is InChI=1S/C15H21ClN2O2/c1-2-14(18-7-9-20-10-8-18)11-17-15(19)12-3-5-13(16)6-4-12/h3-6,14H,2,7-11H2,1H3,(H,17,19). The predicted molar refractivity (Wildman–Crippen MR) is 80.3 cm³/mol. The van der Waals surface area contributed by atoms with Gasteiger partial charge in [0.05, 0.1) is 13.2 Å². The Morgan fingerprint density at radius 1 is 1.35 bits per heavy atom. The molecule has 0 aromatic heterocycles. The smallest absolute Gasteiger partial charge is 0.251 e. The van der Waals surface area contributed by atoms with Crippen molar-refractivity contribution < 1.29 is 9.53 Å². The van der Waals surface area contributed by atoms with Gasteiger partial charge in [-0.3, -0.25) is 9.69 Å². The molecule has 20 heavy (non-hydrogen) atoms. The van der Waals surface area contributed by atoms with Gasteiger partial charge in [0.2, 0.25) is 0 Å². The van der Waals surface area contributed by atoms with Crippen molar-refractivity contribution in [1.82, 2.24) is 10.2 Å². The van der Waals surface area contributed by atoms with E-state index in [-0.39, 0.29) is 5.91 Å². The third-order valence-corrected chi connectivity index (χ3v) is 3.89. The van der Waals surface area contributed by atoms with Crippen LogP contribution in [-0.4, -0.2) is 49.7 Å². The van der Waals surface area contributed by atoms with Gasteiger partial charge >= 0.3 is 0 Å². The SMILES string of the molecule is CCC(CNC(=O)c1ccc(Cl)cc1)N1CCOCC1. The van der Waals surface area contributed by atoms with Crippen LogP contribution in [0.5, 0.6) is 0 Å². The molecule has 1 atom stereocenters. The van der Waals surface area contributed by atoms with Gasteiger partial charge in [-0.05, 0) is 30.7 Å². The second-order valence-electron chi connectivity index (χ2n) is 4.93. The molecule has 0 spiro atoms. The maximum atomic E-state index is 12.1. The fraction of sp³-hybridized carbons (Fsp3) is 0.533. The number of carbonyl (C=O) groups excluding carboxylic acids is 1. The molecule has 5 heteroatoms. The molecule has 0 bridgehead atoms. The third-order valence-electron chi connectivity index (χ3n) is 3.64. The summed E-state index contributed by atoms with van der Waals surface area (Å²) in [5, 5.41) is 3.64. The highest BCUT2D eigenvalue weighted by Crippen LogP contribution is 2.10. The molecule has 0 radical (unpaired) electrons. The molecule has 2 rings (SSSR count). The monoisotopic (exact) mass is 296 g/mol. The molecule has 1 aliphatic rings. The molecule has 4 nitrogen and oxygen atoms in total. The van der Waals surface area contributed by atoms with Crippen molar-refractivity contribution in [2.75, 3.05) is 32.8 Å². The summed E-state index contributed by atoms with van der Waals surface area (Å²) in [6.07, 6.45) is 1.01. The molecule has 1 unspecified atom stereocenters. The van der Waals surface area contributed by atoms with E-state index in [0.29, 0.717) is 23.2 Å². The minimum Gasteiger partial charge on any atom is -0.379 e. The van der Waals surface area contributed by atoms with E-state index >= 15 is 0 Å². The quantitative estimate of drug-likeness (QED) is 0.905. The number of nitrogens with one attached hydrogen (secondary N) is 1. The van der Waals surface area contributed by atoms with Crippen molar-refractivity contribution in [2.45, 2.75) is 19.4 Å². The Hall–Kier alpha value is -1.10. The molecule has 1 amide bonds. The molecule has 1 aromatic rings. The predicted octanol–water partition coefficient (Wildman–Crippen LogP) is 2.18. The Bertz CT molecular complexity index is 430. The van der Waals surface area contributed by atoms with Gasteiger partial charge in [-0.1, -0.05) is 18.5 Å². The van der Waals surface area contributed by atoms with Crippen molar-refractivity contribution in [3.05, 3.63) is 34.9 Å². The van der Waals surface area contributed by atoms with Gasteiger partial charge < -0.3 is 10.1 Å². The lowest BCUT2D eigenvalue weighted by Crippen LogP contribution is -2.48. The lowest BCUT2D eigenvalue weighted by atomic mass is 10.1. The number of carbonyl (C=O) groups is 1. The van der Waals surface area contributed by atoms with Crippen LogP contribution in [0.4, 0.5) is 0 Å². The van der Waals surface area contributed by atoms with Crippen molar-refractivity contribution in [3.63, 3.8) is 0 Å². The zero-order valence-corrected chi connectivity index (χ0v) is 12.5. The van der Waals surface area contributed by atoms with Crippen LogP contribution in [0.1, 0.15) is 23.7 Å². The molecule has 1 heterocycles. The van der Waals surface area contributed by atoms with Crippen LogP contribution < -0.4 is 5.32 Å². The number of hydrogen-bond acceptors (Lipinski definition) is 3. The van der Waals surface area contributed by atoms with Crippen LogP contribution in [0.15, 0.2) is 24.3 Å². The number of rotatable bonds is 5. The topological polar surface area (TPSA) is 41.6 Å². The van der Waals surface area contributed by atoms with Crippen molar-refractivity contribution >= 4 is 17.5 Å².